The Morgan fingerprint density at radius 3 is 2.36 bits per heavy atom. The Morgan fingerprint density at radius 2 is 1.79 bits per heavy atom. The van der Waals surface area contributed by atoms with Gasteiger partial charge in [-0.25, -0.2) is 9.59 Å². The molecule has 33 heavy (non-hydrogen) atoms. The maximum absolute atomic E-state index is 12.0. The lowest BCUT2D eigenvalue weighted by atomic mass is 9.94. The number of rotatable bonds is 12. The van der Waals surface area contributed by atoms with Crippen molar-refractivity contribution < 1.29 is 33.7 Å². The first-order chi connectivity index (χ1) is 15.6. The number of carbonyl (C=O) groups excluding carboxylic acids is 2. The summed E-state index contributed by atoms with van der Waals surface area (Å²) in [6, 6.07) is 8.51. The first-order valence-electron chi connectivity index (χ1n) is 11.1. The smallest absolute Gasteiger partial charge is 0.407 e. The maximum Gasteiger partial charge on any atom is 0.407 e. The van der Waals surface area contributed by atoms with E-state index in [2.05, 4.69) is 16.0 Å². The molecule has 1 aromatic carbocycles. The van der Waals surface area contributed by atoms with Crippen molar-refractivity contribution in [1.82, 2.24) is 16.0 Å². The molecule has 1 heterocycles. The zero-order chi connectivity index (χ0) is 24.3. The SMILES string of the molecule is CC(C)(C)OC(=O)NCCCC[C@H](NC1(CNC(=O)OCc2ccccc2)COC1)C(=O)O. The van der Waals surface area contributed by atoms with Gasteiger partial charge in [-0.1, -0.05) is 30.3 Å². The van der Waals surface area contributed by atoms with E-state index < -0.39 is 35.3 Å². The highest BCUT2D eigenvalue weighted by atomic mass is 16.6. The number of carbonyl (C=O) groups is 3. The molecular weight excluding hydrogens is 430 g/mol. The molecule has 1 aliphatic heterocycles. The molecule has 1 fully saturated rings. The second-order valence-corrected chi connectivity index (χ2v) is 9.15. The summed E-state index contributed by atoms with van der Waals surface area (Å²) < 4.78 is 15.7. The number of benzene rings is 1. The van der Waals surface area contributed by atoms with Crippen molar-refractivity contribution in [1.29, 1.82) is 0 Å². The minimum Gasteiger partial charge on any atom is -0.480 e. The van der Waals surface area contributed by atoms with E-state index in [4.69, 9.17) is 14.2 Å². The monoisotopic (exact) mass is 465 g/mol. The van der Waals surface area contributed by atoms with Gasteiger partial charge in [0, 0.05) is 13.1 Å². The number of aliphatic carboxylic acids is 1. The van der Waals surface area contributed by atoms with E-state index in [1.54, 1.807) is 20.8 Å². The molecule has 4 N–H and O–H groups in total. The molecule has 1 saturated heterocycles. The molecule has 0 bridgehead atoms. The van der Waals surface area contributed by atoms with Gasteiger partial charge in [0.15, 0.2) is 0 Å². The van der Waals surface area contributed by atoms with Crippen LogP contribution in [-0.2, 0) is 25.6 Å². The third kappa shape index (κ3) is 10.1. The van der Waals surface area contributed by atoms with Crippen molar-refractivity contribution in [2.75, 3.05) is 26.3 Å². The zero-order valence-corrected chi connectivity index (χ0v) is 19.5. The van der Waals surface area contributed by atoms with E-state index in [9.17, 15) is 19.5 Å². The number of alkyl carbamates (subject to hydrolysis) is 2. The van der Waals surface area contributed by atoms with Gasteiger partial charge >= 0.3 is 18.2 Å². The molecule has 0 radical (unpaired) electrons. The second kappa shape index (κ2) is 12.4. The molecular formula is C23H35N3O7. The summed E-state index contributed by atoms with van der Waals surface area (Å²) in [7, 11) is 0. The van der Waals surface area contributed by atoms with Crippen LogP contribution in [0.4, 0.5) is 9.59 Å². The van der Waals surface area contributed by atoms with Crippen molar-refractivity contribution in [3.63, 3.8) is 0 Å². The Hall–Kier alpha value is -2.85. The molecule has 0 spiro atoms. The van der Waals surface area contributed by atoms with Crippen LogP contribution in [0.25, 0.3) is 0 Å². The summed E-state index contributed by atoms with van der Waals surface area (Å²) in [5.41, 5.74) is -0.354. The van der Waals surface area contributed by atoms with Gasteiger partial charge in [-0.05, 0) is 45.6 Å². The van der Waals surface area contributed by atoms with E-state index in [0.717, 1.165) is 5.56 Å². The summed E-state index contributed by atoms with van der Waals surface area (Å²) in [6.45, 7) is 6.66. The van der Waals surface area contributed by atoms with Crippen LogP contribution >= 0.6 is 0 Å². The van der Waals surface area contributed by atoms with Crippen molar-refractivity contribution in [2.45, 2.75) is 63.8 Å². The fraction of sp³-hybridized carbons (Fsp3) is 0.609. The van der Waals surface area contributed by atoms with Crippen molar-refractivity contribution in [2.24, 2.45) is 0 Å². The molecule has 2 rings (SSSR count). The first kappa shape index (κ1) is 26.4. The topological polar surface area (TPSA) is 135 Å². The lowest BCUT2D eigenvalue weighted by Crippen LogP contribution is -2.69. The third-order valence-electron chi connectivity index (χ3n) is 4.91. The predicted octanol–water partition coefficient (Wildman–Crippen LogP) is 2.42. The molecule has 1 aliphatic rings. The van der Waals surface area contributed by atoms with Crippen molar-refractivity contribution in [3.8, 4) is 0 Å². The largest absolute Gasteiger partial charge is 0.480 e. The lowest BCUT2D eigenvalue weighted by molar-refractivity contribution is -0.143. The molecule has 0 unspecified atom stereocenters. The van der Waals surface area contributed by atoms with Crippen LogP contribution in [0.2, 0.25) is 0 Å². The second-order valence-electron chi connectivity index (χ2n) is 9.15. The van der Waals surface area contributed by atoms with Crippen LogP contribution < -0.4 is 16.0 Å². The van der Waals surface area contributed by atoms with Crippen molar-refractivity contribution >= 4 is 18.2 Å². The fourth-order valence-corrected chi connectivity index (χ4v) is 3.21. The molecule has 0 saturated carbocycles. The van der Waals surface area contributed by atoms with Gasteiger partial charge in [0.05, 0.1) is 18.8 Å². The molecule has 10 nitrogen and oxygen atoms in total. The van der Waals surface area contributed by atoms with E-state index in [-0.39, 0.29) is 26.4 Å². The van der Waals surface area contributed by atoms with Crippen LogP contribution in [-0.4, -0.2) is 66.7 Å². The molecule has 1 aromatic rings. The Kier molecular flexibility index (Phi) is 9.93. The van der Waals surface area contributed by atoms with Gasteiger partial charge < -0.3 is 30.0 Å². The molecule has 0 aliphatic carbocycles. The quantitative estimate of drug-likeness (QED) is 0.346. The van der Waals surface area contributed by atoms with Crippen LogP contribution in [0.3, 0.4) is 0 Å². The maximum atomic E-state index is 12.0. The molecule has 184 valence electrons. The van der Waals surface area contributed by atoms with Gasteiger partial charge in [-0.15, -0.1) is 0 Å². The normalized spacial score (nSPS) is 15.6. The summed E-state index contributed by atoms with van der Waals surface area (Å²) >= 11 is 0. The summed E-state index contributed by atoms with van der Waals surface area (Å²) in [5.74, 6) is -0.979. The standard InChI is InChI=1S/C23H35N3O7/c1-22(2,3)33-21(30)24-12-8-7-11-18(19(27)28)26-23(15-31-16-23)14-25-20(29)32-13-17-9-5-4-6-10-17/h4-6,9-10,18,26H,7-8,11-16H2,1-3H3,(H,24,30)(H,25,29)(H,27,28)/t18-/m0/s1. The van der Waals surface area contributed by atoms with E-state index >= 15 is 0 Å². The Labute approximate surface area is 194 Å². The number of ether oxygens (including phenoxy) is 3. The highest BCUT2D eigenvalue weighted by molar-refractivity contribution is 5.73. The van der Waals surface area contributed by atoms with E-state index in [1.807, 2.05) is 30.3 Å². The van der Waals surface area contributed by atoms with E-state index in [0.29, 0.717) is 25.8 Å². The van der Waals surface area contributed by atoms with Gasteiger partial charge in [0.2, 0.25) is 0 Å². The number of carboxylic acids is 1. The minimum absolute atomic E-state index is 0.151. The number of hydrogen-bond donors (Lipinski definition) is 4. The Morgan fingerprint density at radius 1 is 1.09 bits per heavy atom. The van der Waals surface area contributed by atoms with Gasteiger partial charge in [0.25, 0.3) is 0 Å². The van der Waals surface area contributed by atoms with Crippen molar-refractivity contribution in [3.05, 3.63) is 35.9 Å². The zero-order valence-electron chi connectivity index (χ0n) is 19.5. The summed E-state index contributed by atoms with van der Waals surface area (Å²) in [4.78, 5) is 35.4. The molecule has 0 aromatic heterocycles. The highest BCUT2D eigenvalue weighted by Gasteiger charge is 2.42. The lowest BCUT2D eigenvalue weighted by Gasteiger charge is -2.43. The highest BCUT2D eigenvalue weighted by Crippen LogP contribution is 2.19. The average Bonchev–Trinajstić information content (AvgIpc) is 2.71. The van der Waals surface area contributed by atoms with Gasteiger partial charge in [-0.2, -0.15) is 0 Å². The number of unbranched alkanes of at least 4 members (excludes halogenated alkanes) is 1. The number of carboxylic acid groups (broad SMARTS) is 1. The first-order valence-corrected chi connectivity index (χ1v) is 11.1. The molecule has 2 amide bonds. The fourth-order valence-electron chi connectivity index (χ4n) is 3.21. The minimum atomic E-state index is -0.979. The number of hydrogen-bond acceptors (Lipinski definition) is 7. The summed E-state index contributed by atoms with van der Waals surface area (Å²) in [5, 5.41) is 18.1. The Balaban J connectivity index is 1.71. The number of amides is 2. The third-order valence-corrected chi connectivity index (χ3v) is 4.91. The van der Waals surface area contributed by atoms with Crippen LogP contribution in [0.1, 0.15) is 45.6 Å². The van der Waals surface area contributed by atoms with Crippen LogP contribution in [0.5, 0.6) is 0 Å². The van der Waals surface area contributed by atoms with Gasteiger partial charge in [-0.3, -0.25) is 10.1 Å². The van der Waals surface area contributed by atoms with E-state index in [1.165, 1.54) is 0 Å². The Bertz CT molecular complexity index is 776. The predicted molar refractivity (Wildman–Crippen MR) is 121 cm³/mol. The number of nitrogens with one attached hydrogen (secondary N) is 3. The van der Waals surface area contributed by atoms with Crippen LogP contribution in [0.15, 0.2) is 30.3 Å². The molecule has 1 atom stereocenters. The molecule has 10 heteroatoms. The average molecular weight is 466 g/mol. The summed E-state index contributed by atoms with van der Waals surface area (Å²) in [6.07, 6.45) is 0.491. The van der Waals surface area contributed by atoms with Crippen LogP contribution in [0, 0.1) is 0 Å². The van der Waals surface area contributed by atoms with Gasteiger partial charge in [0.1, 0.15) is 18.2 Å².